The molecular weight excluding hydrogens is 906 g/mol. The van der Waals surface area contributed by atoms with Gasteiger partial charge < -0.3 is 74.4 Å². The van der Waals surface area contributed by atoms with E-state index in [1.807, 2.05) is 0 Å². The van der Waals surface area contributed by atoms with Crippen LogP contribution >= 0.6 is 0 Å². The fourth-order valence-corrected chi connectivity index (χ4v) is 9.02. The maximum absolute atomic E-state index is 14.0. The quantitative estimate of drug-likeness (QED) is 0.0267. The van der Waals surface area contributed by atoms with Crippen LogP contribution in [0.3, 0.4) is 0 Å². The Morgan fingerprint density at radius 1 is 0.971 bits per heavy atom. The first kappa shape index (κ1) is 49.3. The zero-order valence-electron chi connectivity index (χ0n) is 35.9. The molecule has 7 rings (SSSR count). The van der Waals surface area contributed by atoms with Crippen molar-refractivity contribution in [1.29, 1.82) is 0 Å². The van der Waals surface area contributed by atoms with Gasteiger partial charge in [0, 0.05) is 53.5 Å². The number of aliphatic hydroxyl groups excluding tert-OH is 5. The molecule has 12 atom stereocenters. The van der Waals surface area contributed by atoms with Crippen molar-refractivity contribution in [2.75, 3.05) is 13.7 Å². The normalized spacial score (nSPS) is 29.0. The summed E-state index contributed by atoms with van der Waals surface area (Å²) < 4.78 is 33.6. The SMILES string of the molecule is C#CC[C@@H](OC(=O)C[C@H]1C[C@H](O[C@H]2C[C@](O)(C(=O)CO)Cc3c(O)c4c(c(O)c32)C(=O)c2c(OC)cccc2C4=O)O[C@@H](C)[C@H]1O)c1ccc(O[C@H]2O[C@@H](C(=O)O)[C@H](O)[C@@H](O)[C@@H]2O)c([N+](=O)[O-])c1. The first-order valence-corrected chi connectivity index (χ1v) is 20.9. The van der Waals surface area contributed by atoms with Crippen LogP contribution in [0.15, 0.2) is 36.4 Å². The number of rotatable bonds is 14. The van der Waals surface area contributed by atoms with Gasteiger partial charge in [-0.1, -0.05) is 18.2 Å². The second-order valence-electron chi connectivity index (χ2n) is 16.7. The largest absolute Gasteiger partial charge is 0.507 e. The molecule has 0 aromatic heterocycles. The molecule has 3 aromatic rings. The number of aliphatic hydroxyl groups is 6. The Kier molecular flexibility index (Phi) is 13.9. The number of terminal acetylenes is 1. The number of carbonyl (C=O) groups is 5. The number of phenolic OH excluding ortho intramolecular Hbond substituents is 2. The lowest BCUT2D eigenvalue weighted by molar-refractivity contribution is -0.387. The Labute approximate surface area is 384 Å². The third kappa shape index (κ3) is 8.84. The van der Waals surface area contributed by atoms with E-state index in [1.165, 1.54) is 38.3 Å². The fourth-order valence-electron chi connectivity index (χ4n) is 9.02. The molecular formula is C45H45NO22. The predicted octanol–water partition coefficient (Wildman–Crippen LogP) is 0.167. The van der Waals surface area contributed by atoms with Crippen LogP contribution in [0.5, 0.6) is 23.0 Å². The number of ketones is 3. The number of aliphatic carboxylic acids is 1. The van der Waals surface area contributed by atoms with Gasteiger partial charge in [0.15, 0.2) is 29.7 Å². The number of Topliss-reactive ketones (excluding diaryl/α,β-unsaturated/α-hetero) is 1. The number of aromatic hydroxyl groups is 2. The van der Waals surface area contributed by atoms with Gasteiger partial charge in [0.2, 0.25) is 12.1 Å². The number of benzene rings is 3. The van der Waals surface area contributed by atoms with Crippen molar-refractivity contribution in [1.82, 2.24) is 0 Å². The van der Waals surface area contributed by atoms with Gasteiger partial charge in [0.25, 0.3) is 0 Å². The van der Waals surface area contributed by atoms with Crippen molar-refractivity contribution in [2.24, 2.45) is 5.92 Å². The summed E-state index contributed by atoms with van der Waals surface area (Å²) >= 11 is 0. The third-order valence-electron chi connectivity index (χ3n) is 12.5. The molecule has 0 unspecified atom stereocenters. The molecule has 0 amide bonds. The summed E-state index contributed by atoms with van der Waals surface area (Å²) in [7, 11) is 1.26. The number of hydrogen-bond acceptors (Lipinski definition) is 21. The van der Waals surface area contributed by atoms with E-state index >= 15 is 0 Å². The van der Waals surface area contributed by atoms with Crippen LogP contribution in [-0.2, 0) is 39.8 Å². The second-order valence-corrected chi connectivity index (χ2v) is 16.7. The molecule has 2 saturated heterocycles. The van der Waals surface area contributed by atoms with Crippen LogP contribution < -0.4 is 9.47 Å². The van der Waals surface area contributed by atoms with Crippen molar-refractivity contribution in [3.8, 4) is 35.3 Å². The van der Waals surface area contributed by atoms with Gasteiger partial charge in [0.05, 0.1) is 59.9 Å². The van der Waals surface area contributed by atoms with E-state index in [0.717, 1.165) is 12.1 Å². The summed E-state index contributed by atoms with van der Waals surface area (Å²) in [6, 6.07) is 7.30. The van der Waals surface area contributed by atoms with Crippen molar-refractivity contribution >= 4 is 35.0 Å². The van der Waals surface area contributed by atoms with Crippen molar-refractivity contribution in [3.63, 3.8) is 0 Å². The zero-order chi connectivity index (χ0) is 49.7. The number of phenols is 2. The van der Waals surface area contributed by atoms with Gasteiger partial charge in [0.1, 0.15) is 53.9 Å². The number of nitrogens with zero attached hydrogens (tertiary/aromatic N) is 1. The van der Waals surface area contributed by atoms with Gasteiger partial charge in [-0.25, -0.2) is 4.79 Å². The average molecular weight is 952 g/mol. The fraction of sp³-hybridized carbons (Fsp3) is 0.444. The highest BCUT2D eigenvalue weighted by Gasteiger charge is 2.51. The molecule has 3 aromatic carbocycles. The van der Waals surface area contributed by atoms with Crippen molar-refractivity contribution < 1.29 is 103 Å². The van der Waals surface area contributed by atoms with Gasteiger partial charge in [-0.15, -0.1) is 12.3 Å². The van der Waals surface area contributed by atoms with Gasteiger partial charge in [-0.3, -0.25) is 29.3 Å². The predicted molar refractivity (Wildman–Crippen MR) is 222 cm³/mol. The van der Waals surface area contributed by atoms with E-state index in [0.29, 0.717) is 0 Å². The Balaban J connectivity index is 1.13. The number of methoxy groups -OCH3 is 1. The van der Waals surface area contributed by atoms with E-state index in [2.05, 4.69) is 5.92 Å². The molecule has 0 radical (unpaired) electrons. The number of ether oxygens (including phenoxy) is 6. The number of nitro benzene ring substituents is 1. The van der Waals surface area contributed by atoms with Crippen LogP contribution in [0, 0.1) is 28.4 Å². The topological polar surface area (TPSA) is 366 Å². The molecule has 23 heteroatoms. The maximum atomic E-state index is 14.0. The molecule has 23 nitrogen and oxygen atoms in total. The molecule has 68 heavy (non-hydrogen) atoms. The zero-order valence-corrected chi connectivity index (χ0v) is 35.9. The Morgan fingerprint density at radius 2 is 1.68 bits per heavy atom. The van der Waals surface area contributed by atoms with E-state index in [4.69, 9.17) is 34.8 Å². The summed E-state index contributed by atoms with van der Waals surface area (Å²) in [4.78, 5) is 77.3. The number of carboxylic acid groups (broad SMARTS) is 1. The molecule has 9 N–H and O–H groups in total. The lowest BCUT2D eigenvalue weighted by atomic mass is 9.72. The Morgan fingerprint density at radius 3 is 2.32 bits per heavy atom. The summed E-state index contributed by atoms with van der Waals surface area (Å²) in [5, 5.41) is 108. The van der Waals surface area contributed by atoms with Gasteiger partial charge in [-0.05, 0) is 19.1 Å². The molecule has 0 saturated carbocycles. The standard InChI is InChI=1S/C45H45NO22/c1-4-6-23(18-9-10-24(22(11-18)46(61)62)67-44-41(57)39(55)40(56)42(68-44)43(58)59)65-28(49)12-19-13-29(64-17(2)34(19)50)66-26-15-45(60,27(48)16-47)14-21-31(26)38(54)33-32(36(21)52)35(51)20-7-5-8-25(63-3)30(20)37(33)53/h1,5,7-11,17,19,23,26,29,34,39-42,44,47,50,52,54-57,60H,6,12-16H2,2-3H3,(H,58,59)/t17-,19-,23+,26-,29-,34+,39+,40+,41-,42+,44-,45-/m0/s1. The number of hydrogen-bond donors (Lipinski definition) is 9. The van der Waals surface area contributed by atoms with Crippen LogP contribution in [0.1, 0.15) is 93.3 Å². The highest BCUT2D eigenvalue weighted by molar-refractivity contribution is 6.31. The third-order valence-corrected chi connectivity index (χ3v) is 12.5. The monoisotopic (exact) mass is 951 g/mol. The van der Waals surface area contributed by atoms with E-state index < -0.39 is 167 Å². The van der Waals surface area contributed by atoms with Crippen molar-refractivity contribution in [2.45, 2.75) is 106 Å². The molecule has 2 aliphatic carbocycles. The molecule has 2 heterocycles. The summed E-state index contributed by atoms with van der Waals surface area (Å²) in [5.74, 6) is -6.57. The van der Waals surface area contributed by atoms with Crippen LogP contribution in [0.4, 0.5) is 5.69 Å². The summed E-state index contributed by atoms with van der Waals surface area (Å²) in [6.45, 7) is 0.269. The average Bonchev–Trinajstić information content (AvgIpc) is 3.30. The molecule has 2 fully saturated rings. The number of esters is 1. The minimum atomic E-state index is -2.46. The number of carboxylic acids is 1. The first-order valence-electron chi connectivity index (χ1n) is 20.9. The molecule has 0 bridgehead atoms. The molecule has 2 aliphatic heterocycles. The maximum Gasteiger partial charge on any atom is 0.335 e. The Hall–Kier alpha value is -6.59. The van der Waals surface area contributed by atoms with Crippen molar-refractivity contribution in [3.05, 3.63) is 85.5 Å². The lowest BCUT2D eigenvalue weighted by Gasteiger charge is -2.42. The highest BCUT2D eigenvalue weighted by atomic mass is 16.7. The van der Waals surface area contributed by atoms with Crippen LogP contribution in [0.2, 0.25) is 0 Å². The van der Waals surface area contributed by atoms with Crippen LogP contribution in [0.25, 0.3) is 0 Å². The number of nitro groups is 1. The number of fused-ring (bicyclic) bond motifs is 3. The first-order chi connectivity index (χ1) is 32.2. The molecule has 0 spiro atoms. The second kappa shape index (κ2) is 19.2. The Bertz CT molecular complexity index is 2610. The molecule has 4 aliphatic rings. The van der Waals surface area contributed by atoms with Crippen LogP contribution in [-0.4, -0.2) is 149 Å². The van der Waals surface area contributed by atoms with Gasteiger partial charge in [-0.2, -0.15) is 0 Å². The van der Waals surface area contributed by atoms with E-state index in [-0.39, 0.29) is 46.4 Å². The summed E-state index contributed by atoms with van der Waals surface area (Å²) in [6.07, 6.45) is -14.1. The molecule has 362 valence electrons. The van der Waals surface area contributed by atoms with E-state index in [1.54, 1.807) is 0 Å². The lowest BCUT2D eigenvalue weighted by Crippen LogP contribution is -2.61. The summed E-state index contributed by atoms with van der Waals surface area (Å²) in [5.41, 5.74) is -5.49. The number of carbonyl (C=O) groups excluding carboxylic acids is 4. The van der Waals surface area contributed by atoms with E-state index in [9.17, 15) is 80.0 Å². The highest BCUT2D eigenvalue weighted by Crippen LogP contribution is 2.53. The minimum Gasteiger partial charge on any atom is -0.507 e. The minimum absolute atomic E-state index is 0.00317. The smallest absolute Gasteiger partial charge is 0.335 e. The van der Waals surface area contributed by atoms with Gasteiger partial charge >= 0.3 is 17.6 Å².